The van der Waals surface area contributed by atoms with Gasteiger partial charge in [0.25, 0.3) is 5.91 Å². The molecule has 2 rings (SSSR count). The Morgan fingerprint density at radius 3 is 2.29 bits per heavy atom. The third-order valence-corrected chi connectivity index (χ3v) is 4.29. The number of hydrogen-bond donors (Lipinski definition) is 1. The molecule has 1 N–H and O–H groups in total. The summed E-state index contributed by atoms with van der Waals surface area (Å²) in [6, 6.07) is 7.77. The fourth-order valence-electron chi connectivity index (χ4n) is 2.71. The van der Waals surface area contributed by atoms with E-state index in [4.69, 9.17) is 4.74 Å². The summed E-state index contributed by atoms with van der Waals surface area (Å²) >= 11 is 0. The summed E-state index contributed by atoms with van der Waals surface area (Å²) in [5, 5.41) is 3.06. The van der Waals surface area contributed by atoms with E-state index in [1.807, 2.05) is 34.1 Å². The van der Waals surface area contributed by atoms with Gasteiger partial charge in [0.05, 0.1) is 13.2 Å². The summed E-state index contributed by atoms with van der Waals surface area (Å²) < 4.78 is 4.93. The van der Waals surface area contributed by atoms with E-state index in [-0.39, 0.29) is 11.8 Å². The van der Waals surface area contributed by atoms with Crippen LogP contribution in [0.15, 0.2) is 24.3 Å². The van der Waals surface area contributed by atoms with Gasteiger partial charge in [0.2, 0.25) is 5.91 Å². The molecule has 0 saturated carbocycles. The molecular weight excluding hydrogens is 306 g/mol. The van der Waals surface area contributed by atoms with Crippen LogP contribution in [0.1, 0.15) is 22.8 Å². The van der Waals surface area contributed by atoms with Crippen LogP contribution in [0.25, 0.3) is 0 Å². The summed E-state index contributed by atoms with van der Waals surface area (Å²) in [6.45, 7) is 6.00. The number of aryl methyl sites for hydroxylation is 1. The lowest BCUT2D eigenvalue weighted by atomic mass is 10.1. The first kappa shape index (κ1) is 18.4. The number of nitrogens with zero attached hydrogens (tertiary/aromatic N) is 2. The van der Waals surface area contributed by atoms with Crippen LogP contribution >= 0.6 is 0 Å². The lowest BCUT2D eigenvalue weighted by molar-refractivity contribution is -0.131. The first-order valence-electron chi connectivity index (χ1n) is 8.51. The molecule has 1 heterocycles. The van der Waals surface area contributed by atoms with E-state index in [1.54, 1.807) is 7.11 Å². The van der Waals surface area contributed by atoms with Crippen molar-refractivity contribution in [2.24, 2.45) is 0 Å². The molecule has 1 aliphatic heterocycles. The number of nitrogens with one attached hydrogen (secondary N) is 1. The number of amides is 2. The average molecular weight is 333 g/mol. The van der Waals surface area contributed by atoms with Crippen molar-refractivity contribution in [1.82, 2.24) is 15.1 Å². The van der Waals surface area contributed by atoms with E-state index < -0.39 is 0 Å². The Morgan fingerprint density at radius 1 is 1.08 bits per heavy atom. The lowest BCUT2D eigenvalue weighted by Crippen LogP contribution is -2.52. The summed E-state index contributed by atoms with van der Waals surface area (Å²) in [5.41, 5.74) is 1.94. The fraction of sp³-hybridized carbons (Fsp3) is 0.556. The minimum Gasteiger partial charge on any atom is -0.383 e. The molecule has 132 valence electrons. The van der Waals surface area contributed by atoms with Crippen LogP contribution in [0.3, 0.4) is 0 Å². The monoisotopic (exact) mass is 333 g/mol. The molecule has 0 atom stereocenters. The molecule has 0 radical (unpaired) electrons. The molecule has 24 heavy (non-hydrogen) atoms. The van der Waals surface area contributed by atoms with Gasteiger partial charge in [-0.1, -0.05) is 19.1 Å². The van der Waals surface area contributed by atoms with E-state index in [0.29, 0.717) is 51.4 Å². The van der Waals surface area contributed by atoms with Gasteiger partial charge in [0, 0.05) is 45.4 Å². The van der Waals surface area contributed by atoms with Crippen molar-refractivity contribution < 1.29 is 14.3 Å². The van der Waals surface area contributed by atoms with Crippen LogP contribution in [0.4, 0.5) is 0 Å². The standard InChI is InChI=1S/C18H27N3O3/c1-3-15-4-6-16(7-5-15)18(23)21-11-9-20(10-12-21)17(22)14-19-8-13-24-2/h4-7,19H,3,8-14H2,1-2H3. The quantitative estimate of drug-likeness (QED) is 0.749. The second-order valence-electron chi connectivity index (χ2n) is 5.89. The summed E-state index contributed by atoms with van der Waals surface area (Å²) in [6.07, 6.45) is 0.966. The third-order valence-electron chi connectivity index (χ3n) is 4.29. The molecule has 0 aliphatic carbocycles. The van der Waals surface area contributed by atoms with Crippen molar-refractivity contribution in [3.8, 4) is 0 Å². The van der Waals surface area contributed by atoms with E-state index in [9.17, 15) is 9.59 Å². The second kappa shape index (κ2) is 9.39. The number of ether oxygens (including phenoxy) is 1. The highest BCUT2D eigenvalue weighted by atomic mass is 16.5. The van der Waals surface area contributed by atoms with Crippen LogP contribution in [0, 0.1) is 0 Å². The maximum absolute atomic E-state index is 12.5. The van der Waals surface area contributed by atoms with Crippen molar-refractivity contribution in [3.05, 3.63) is 35.4 Å². The predicted molar refractivity (Wildman–Crippen MR) is 93.0 cm³/mol. The molecule has 1 fully saturated rings. The fourth-order valence-corrected chi connectivity index (χ4v) is 2.71. The van der Waals surface area contributed by atoms with E-state index >= 15 is 0 Å². The van der Waals surface area contributed by atoms with Crippen LogP contribution in [-0.2, 0) is 16.0 Å². The van der Waals surface area contributed by atoms with Crippen molar-refractivity contribution >= 4 is 11.8 Å². The first-order valence-corrected chi connectivity index (χ1v) is 8.51. The van der Waals surface area contributed by atoms with Crippen LogP contribution in [-0.4, -0.2) is 74.6 Å². The Morgan fingerprint density at radius 2 is 1.71 bits per heavy atom. The predicted octanol–water partition coefficient (Wildman–Crippen LogP) is 0.769. The summed E-state index contributed by atoms with van der Waals surface area (Å²) in [5.74, 6) is 0.119. The minimum atomic E-state index is 0.0444. The largest absolute Gasteiger partial charge is 0.383 e. The van der Waals surface area contributed by atoms with Gasteiger partial charge < -0.3 is 19.9 Å². The smallest absolute Gasteiger partial charge is 0.253 e. The average Bonchev–Trinajstić information content (AvgIpc) is 2.64. The van der Waals surface area contributed by atoms with Gasteiger partial charge in [-0.15, -0.1) is 0 Å². The molecule has 0 unspecified atom stereocenters. The van der Waals surface area contributed by atoms with Gasteiger partial charge in [-0.2, -0.15) is 0 Å². The maximum atomic E-state index is 12.5. The molecule has 1 aromatic carbocycles. The molecule has 1 saturated heterocycles. The Kier molecular flexibility index (Phi) is 7.21. The first-order chi connectivity index (χ1) is 11.7. The zero-order chi connectivity index (χ0) is 17.4. The van der Waals surface area contributed by atoms with Gasteiger partial charge in [-0.05, 0) is 24.1 Å². The SMILES string of the molecule is CCc1ccc(C(=O)N2CCN(C(=O)CNCCOC)CC2)cc1. The summed E-state index contributed by atoms with van der Waals surface area (Å²) in [4.78, 5) is 28.2. The minimum absolute atomic E-state index is 0.0444. The maximum Gasteiger partial charge on any atom is 0.253 e. The van der Waals surface area contributed by atoms with Crippen LogP contribution in [0.5, 0.6) is 0 Å². The Hall–Kier alpha value is -1.92. The van der Waals surface area contributed by atoms with Gasteiger partial charge in [0.15, 0.2) is 0 Å². The third kappa shape index (κ3) is 5.04. The number of rotatable bonds is 7. The lowest BCUT2D eigenvalue weighted by Gasteiger charge is -2.35. The van der Waals surface area contributed by atoms with Gasteiger partial charge in [0.1, 0.15) is 0 Å². The molecule has 6 nitrogen and oxygen atoms in total. The molecule has 6 heteroatoms. The topological polar surface area (TPSA) is 61.9 Å². The van der Waals surface area contributed by atoms with Gasteiger partial charge in [-0.3, -0.25) is 9.59 Å². The van der Waals surface area contributed by atoms with Crippen molar-refractivity contribution in [3.63, 3.8) is 0 Å². The number of piperazine rings is 1. The molecule has 1 aromatic rings. The number of benzene rings is 1. The molecule has 0 spiro atoms. The van der Waals surface area contributed by atoms with Crippen molar-refractivity contribution in [1.29, 1.82) is 0 Å². The molecular formula is C18H27N3O3. The van der Waals surface area contributed by atoms with E-state index in [2.05, 4.69) is 12.2 Å². The molecule has 0 aromatic heterocycles. The van der Waals surface area contributed by atoms with E-state index in [1.165, 1.54) is 5.56 Å². The van der Waals surface area contributed by atoms with Crippen LogP contribution in [0.2, 0.25) is 0 Å². The Bertz CT molecular complexity index is 537. The highest BCUT2D eigenvalue weighted by molar-refractivity contribution is 5.94. The number of carbonyl (C=O) groups excluding carboxylic acids is 2. The Labute approximate surface area is 143 Å². The molecule has 2 amide bonds. The highest BCUT2D eigenvalue weighted by Gasteiger charge is 2.24. The molecule has 0 bridgehead atoms. The van der Waals surface area contributed by atoms with Crippen molar-refractivity contribution in [2.75, 3.05) is 53.0 Å². The van der Waals surface area contributed by atoms with Crippen molar-refractivity contribution in [2.45, 2.75) is 13.3 Å². The van der Waals surface area contributed by atoms with Gasteiger partial charge >= 0.3 is 0 Å². The van der Waals surface area contributed by atoms with E-state index in [0.717, 1.165) is 6.42 Å². The second-order valence-corrected chi connectivity index (χ2v) is 5.89. The number of hydrogen-bond acceptors (Lipinski definition) is 4. The van der Waals surface area contributed by atoms with Gasteiger partial charge in [-0.25, -0.2) is 0 Å². The summed E-state index contributed by atoms with van der Waals surface area (Å²) in [7, 11) is 1.63. The van der Waals surface area contributed by atoms with Crippen LogP contribution < -0.4 is 5.32 Å². The Balaban J connectivity index is 1.78. The zero-order valence-electron chi connectivity index (χ0n) is 14.6. The zero-order valence-corrected chi connectivity index (χ0v) is 14.6. The molecule has 1 aliphatic rings. The highest BCUT2D eigenvalue weighted by Crippen LogP contribution is 2.11. The normalized spacial score (nSPS) is 14.8. The number of methoxy groups -OCH3 is 1. The number of carbonyl (C=O) groups is 2.